The number of aliphatic carboxylic acids is 1. The van der Waals surface area contributed by atoms with Crippen LogP contribution >= 0.6 is 11.6 Å². The molecule has 0 bridgehead atoms. The van der Waals surface area contributed by atoms with Gasteiger partial charge in [-0.1, -0.05) is 35.8 Å². The third kappa shape index (κ3) is 2.93. The molecule has 0 radical (unpaired) electrons. The van der Waals surface area contributed by atoms with Gasteiger partial charge in [-0.15, -0.1) is 0 Å². The van der Waals surface area contributed by atoms with Crippen molar-refractivity contribution in [2.45, 2.75) is 25.9 Å². The highest BCUT2D eigenvalue weighted by molar-refractivity contribution is 6.36. The highest BCUT2D eigenvalue weighted by atomic mass is 35.5. The number of rotatable bonds is 5. The zero-order valence-corrected chi connectivity index (χ0v) is 14.3. The van der Waals surface area contributed by atoms with E-state index in [1.807, 2.05) is 0 Å². The fourth-order valence-electron chi connectivity index (χ4n) is 2.39. The molecule has 25 heavy (non-hydrogen) atoms. The van der Waals surface area contributed by atoms with Crippen LogP contribution in [0.1, 0.15) is 20.3 Å². The second-order valence-corrected chi connectivity index (χ2v) is 6.13. The zero-order valence-electron chi connectivity index (χ0n) is 13.5. The summed E-state index contributed by atoms with van der Waals surface area (Å²) >= 11 is 6.30. The van der Waals surface area contributed by atoms with Gasteiger partial charge in [0, 0.05) is 5.56 Å². The molecule has 1 N–H and O–H groups in total. The van der Waals surface area contributed by atoms with E-state index in [1.165, 1.54) is 19.1 Å². The van der Waals surface area contributed by atoms with Gasteiger partial charge in [-0.2, -0.15) is 0 Å². The summed E-state index contributed by atoms with van der Waals surface area (Å²) in [7, 11) is 0. The largest absolute Gasteiger partial charge is 0.478 e. The normalized spacial score (nSPS) is 13.6. The number of hydrogen-bond donors (Lipinski definition) is 1. The molecule has 7 heteroatoms. The lowest BCUT2D eigenvalue weighted by molar-refractivity contribution is -0.154. The molecule has 0 saturated heterocycles. The number of fused-ring (bicyclic) bond motifs is 1. The maximum atomic E-state index is 14.0. The Kier molecular flexibility index (Phi) is 4.39. The van der Waals surface area contributed by atoms with Crippen LogP contribution in [0.3, 0.4) is 0 Å². The first-order chi connectivity index (χ1) is 11.9. The molecule has 130 valence electrons. The summed E-state index contributed by atoms with van der Waals surface area (Å²) in [5.74, 6) is -1.37. The molecule has 3 rings (SSSR count). The summed E-state index contributed by atoms with van der Waals surface area (Å²) < 4.78 is 24.9. The SMILES string of the molecule is CCC(C)(Oc1ccc2c(-c3ccccc3F)noc2c1Cl)C(=O)O. The lowest BCUT2D eigenvalue weighted by Crippen LogP contribution is -2.40. The monoisotopic (exact) mass is 363 g/mol. The second kappa shape index (κ2) is 6.37. The molecule has 1 unspecified atom stereocenters. The smallest absolute Gasteiger partial charge is 0.347 e. The van der Waals surface area contributed by atoms with Crippen LogP contribution in [0.2, 0.25) is 5.02 Å². The van der Waals surface area contributed by atoms with Gasteiger partial charge in [0.25, 0.3) is 0 Å². The maximum absolute atomic E-state index is 14.0. The second-order valence-electron chi connectivity index (χ2n) is 5.76. The Morgan fingerprint density at radius 3 is 2.72 bits per heavy atom. The maximum Gasteiger partial charge on any atom is 0.347 e. The minimum atomic E-state index is -1.42. The lowest BCUT2D eigenvalue weighted by atomic mass is 10.0. The van der Waals surface area contributed by atoms with Crippen molar-refractivity contribution < 1.29 is 23.6 Å². The Labute approximate surface area is 147 Å². The van der Waals surface area contributed by atoms with Gasteiger partial charge >= 0.3 is 5.97 Å². The lowest BCUT2D eigenvalue weighted by Gasteiger charge is -2.25. The molecule has 3 aromatic rings. The molecule has 1 heterocycles. The minimum Gasteiger partial charge on any atom is -0.478 e. The Morgan fingerprint density at radius 1 is 1.36 bits per heavy atom. The fourth-order valence-corrected chi connectivity index (χ4v) is 2.63. The van der Waals surface area contributed by atoms with Crippen LogP contribution in [0.4, 0.5) is 4.39 Å². The van der Waals surface area contributed by atoms with Crippen molar-refractivity contribution in [2.75, 3.05) is 0 Å². The molecule has 0 aliphatic carbocycles. The number of ether oxygens (including phenoxy) is 1. The number of aromatic nitrogens is 1. The van der Waals surface area contributed by atoms with E-state index in [2.05, 4.69) is 5.16 Å². The van der Waals surface area contributed by atoms with E-state index >= 15 is 0 Å². The summed E-state index contributed by atoms with van der Waals surface area (Å²) in [5.41, 5.74) is -0.611. The Bertz CT molecular complexity index is 955. The summed E-state index contributed by atoms with van der Waals surface area (Å²) in [4.78, 5) is 11.4. The number of carboxylic acids is 1. The average molecular weight is 364 g/mol. The molecule has 0 saturated carbocycles. The summed E-state index contributed by atoms with van der Waals surface area (Å²) in [6.07, 6.45) is 0.244. The summed E-state index contributed by atoms with van der Waals surface area (Å²) in [6.45, 7) is 3.16. The summed E-state index contributed by atoms with van der Waals surface area (Å²) in [6, 6.07) is 9.34. The molecule has 0 aliphatic rings. The van der Waals surface area contributed by atoms with Crippen molar-refractivity contribution >= 4 is 28.5 Å². The van der Waals surface area contributed by atoms with E-state index in [0.717, 1.165) is 0 Å². The van der Waals surface area contributed by atoms with Crippen LogP contribution in [0.15, 0.2) is 40.9 Å². The number of hydrogen-bond acceptors (Lipinski definition) is 4. The molecular formula is C18H15ClFNO4. The molecule has 5 nitrogen and oxygen atoms in total. The van der Waals surface area contributed by atoms with Gasteiger partial charge in [0.05, 0.1) is 5.39 Å². The first-order valence-corrected chi connectivity index (χ1v) is 8.00. The van der Waals surface area contributed by atoms with Crippen molar-refractivity contribution in [1.29, 1.82) is 0 Å². The van der Waals surface area contributed by atoms with E-state index in [1.54, 1.807) is 31.2 Å². The van der Waals surface area contributed by atoms with E-state index in [9.17, 15) is 14.3 Å². The molecule has 0 aliphatic heterocycles. The topological polar surface area (TPSA) is 72.6 Å². The van der Waals surface area contributed by atoms with Gasteiger partial charge in [-0.25, -0.2) is 9.18 Å². The van der Waals surface area contributed by atoms with Crippen LogP contribution < -0.4 is 4.74 Å². The highest BCUT2D eigenvalue weighted by Crippen LogP contribution is 2.39. The quantitative estimate of drug-likeness (QED) is 0.696. The highest BCUT2D eigenvalue weighted by Gasteiger charge is 2.34. The van der Waals surface area contributed by atoms with E-state index in [4.69, 9.17) is 20.9 Å². The van der Waals surface area contributed by atoms with Gasteiger partial charge in [0.1, 0.15) is 22.3 Å². The zero-order chi connectivity index (χ0) is 18.2. The van der Waals surface area contributed by atoms with E-state index < -0.39 is 17.4 Å². The number of nitrogens with zero attached hydrogens (tertiary/aromatic N) is 1. The molecular weight excluding hydrogens is 349 g/mol. The van der Waals surface area contributed by atoms with Gasteiger partial charge in [0.15, 0.2) is 5.58 Å². The van der Waals surface area contributed by atoms with Gasteiger partial charge in [0.2, 0.25) is 5.60 Å². The van der Waals surface area contributed by atoms with Crippen LogP contribution in [-0.4, -0.2) is 21.8 Å². The standard InChI is InChI=1S/C18H15ClFNO4/c1-3-18(2,17(22)23)24-13-9-8-11-15(21-25-16(11)14(13)19)10-6-4-5-7-12(10)20/h4-9H,3H2,1-2H3,(H,22,23). The molecule has 0 amide bonds. The Balaban J connectivity index is 2.09. The molecule has 0 spiro atoms. The van der Waals surface area contributed by atoms with Crippen molar-refractivity contribution in [2.24, 2.45) is 0 Å². The van der Waals surface area contributed by atoms with E-state index in [-0.39, 0.29) is 28.3 Å². The molecule has 1 aromatic heterocycles. The number of carboxylic acid groups (broad SMARTS) is 1. The predicted octanol–water partition coefficient (Wildman–Crippen LogP) is 4.92. The fraction of sp³-hybridized carbons (Fsp3) is 0.222. The number of carbonyl (C=O) groups is 1. The van der Waals surface area contributed by atoms with Crippen LogP contribution in [0.25, 0.3) is 22.2 Å². The molecule has 0 fully saturated rings. The number of halogens is 2. The van der Waals surface area contributed by atoms with Crippen molar-refractivity contribution in [3.8, 4) is 17.0 Å². The third-order valence-corrected chi connectivity index (χ3v) is 4.49. The van der Waals surface area contributed by atoms with Gasteiger partial charge in [-0.3, -0.25) is 0 Å². The summed E-state index contributed by atoms with van der Waals surface area (Å²) in [5, 5.41) is 13.8. The Hall–Kier alpha value is -2.60. The van der Waals surface area contributed by atoms with E-state index in [0.29, 0.717) is 11.1 Å². The van der Waals surface area contributed by atoms with Crippen LogP contribution in [-0.2, 0) is 4.79 Å². The Morgan fingerprint density at radius 2 is 2.08 bits per heavy atom. The van der Waals surface area contributed by atoms with Crippen molar-refractivity contribution in [1.82, 2.24) is 5.16 Å². The van der Waals surface area contributed by atoms with Gasteiger partial charge < -0.3 is 14.4 Å². The predicted molar refractivity (Wildman–Crippen MR) is 91.4 cm³/mol. The molecule has 2 aromatic carbocycles. The third-order valence-electron chi connectivity index (χ3n) is 4.14. The van der Waals surface area contributed by atoms with Crippen LogP contribution in [0.5, 0.6) is 5.75 Å². The average Bonchev–Trinajstić information content (AvgIpc) is 3.02. The first kappa shape index (κ1) is 17.2. The first-order valence-electron chi connectivity index (χ1n) is 7.62. The van der Waals surface area contributed by atoms with Gasteiger partial charge in [-0.05, 0) is 37.6 Å². The van der Waals surface area contributed by atoms with Crippen molar-refractivity contribution in [3.63, 3.8) is 0 Å². The van der Waals surface area contributed by atoms with Crippen molar-refractivity contribution in [3.05, 3.63) is 47.2 Å². The molecule has 1 atom stereocenters. The number of benzene rings is 2. The van der Waals surface area contributed by atoms with Crippen LogP contribution in [0, 0.1) is 5.82 Å². The minimum absolute atomic E-state index is 0.0912.